The Morgan fingerprint density at radius 3 is 2.65 bits per heavy atom. The van der Waals surface area contributed by atoms with Crippen molar-refractivity contribution in [3.8, 4) is 22.9 Å². The van der Waals surface area contributed by atoms with E-state index in [1.165, 1.54) is 12.1 Å². The van der Waals surface area contributed by atoms with Gasteiger partial charge in [0, 0.05) is 39.1 Å². The van der Waals surface area contributed by atoms with Crippen LogP contribution in [0.4, 0.5) is 9.18 Å². The predicted molar refractivity (Wildman–Crippen MR) is 162 cm³/mol. The summed E-state index contributed by atoms with van der Waals surface area (Å²) >= 11 is 0. The zero-order valence-corrected chi connectivity index (χ0v) is 25.5. The normalized spacial score (nSPS) is 12.4. The molecular weight excluding hydrogens is 569 g/mol. The zero-order chi connectivity index (χ0) is 30.6. The number of fused-ring (bicyclic) bond motifs is 1. The fourth-order valence-electron chi connectivity index (χ4n) is 4.64. The summed E-state index contributed by atoms with van der Waals surface area (Å²) in [5.74, 6) is 0.305. The van der Waals surface area contributed by atoms with E-state index in [9.17, 15) is 9.90 Å². The maximum absolute atomic E-state index is 15.3. The van der Waals surface area contributed by atoms with Crippen LogP contribution in [0.3, 0.4) is 0 Å². The van der Waals surface area contributed by atoms with Gasteiger partial charge in [0.15, 0.2) is 11.6 Å². The molecule has 2 aromatic carbocycles. The van der Waals surface area contributed by atoms with E-state index in [2.05, 4.69) is 40.1 Å². The first-order valence-electron chi connectivity index (χ1n) is 13.9. The van der Waals surface area contributed by atoms with Crippen molar-refractivity contribution in [2.75, 3.05) is 6.61 Å². The quantitative estimate of drug-likeness (QED) is 0.113. The Bertz CT molecular complexity index is 1720. The van der Waals surface area contributed by atoms with Gasteiger partial charge in [0.1, 0.15) is 24.2 Å². The minimum atomic E-state index is -1.27. The van der Waals surface area contributed by atoms with Crippen LogP contribution < -0.4 is 10.1 Å². The molecule has 5 rings (SSSR count). The van der Waals surface area contributed by atoms with Crippen molar-refractivity contribution in [1.29, 1.82) is 0 Å². The third-order valence-electron chi connectivity index (χ3n) is 6.86. The largest absolute Gasteiger partial charge is 0.465 e. The highest BCUT2D eigenvalue weighted by atomic mass is 28.3. The summed E-state index contributed by atoms with van der Waals surface area (Å²) in [7, 11) is -1.20. The maximum atomic E-state index is 15.3. The Morgan fingerprint density at radius 1 is 1.14 bits per heavy atom. The molecular formula is C31H34FN5O5Si. The second kappa shape index (κ2) is 12.8. The molecule has 0 fully saturated rings. The highest BCUT2D eigenvalue weighted by Gasteiger charge is 2.23. The minimum Gasteiger partial charge on any atom is -0.465 e. The number of benzene rings is 2. The highest BCUT2D eigenvalue weighted by molar-refractivity contribution is 6.76. The number of hydrogen-bond acceptors (Lipinski definition) is 7. The first-order chi connectivity index (χ1) is 20.6. The summed E-state index contributed by atoms with van der Waals surface area (Å²) < 4.78 is 34.6. The van der Waals surface area contributed by atoms with E-state index >= 15 is 4.39 Å². The van der Waals surface area contributed by atoms with Crippen molar-refractivity contribution >= 4 is 25.2 Å². The molecule has 10 nitrogen and oxygen atoms in total. The van der Waals surface area contributed by atoms with E-state index in [-0.39, 0.29) is 18.1 Å². The van der Waals surface area contributed by atoms with Crippen LogP contribution in [0.15, 0.2) is 71.5 Å². The molecule has 1 amide bonds. The van der Waals surface area contributed by atoms with Gasteiger partial charge in [0.25, 0.3) is 0 Å². The first-order valence-corrected chi connectivity index (χ1v) is 17.6. The summed E-state index contributed by atoms with van der Waals surface area (Å²) in [6.45, 7) is 9.93. The Kier molecular flexibility index (Phi) is 8.88. The summed E-state index contributed by atoms with van der Waals surface area (Å²) in [6.07, 6.45) is 2.39. The van der Waals surface area contributed by atoms with Gasteiger partial charge in [0.2, 0.25) is 11.7 Å². The van der Waals surface area contributed by atoms with Crippen LogP contribution in [0.25, 0.3) is 22.4 Å². The average Bonchev–Trinajstić information content (AvgIpc) is 3.58. The Balaban J connectivity index is 1.32. The third-order valence-corrected chi connectivity index (χ3v) is 8.57. The number of carbonyl (C=O) groups is 1. The number of amides is 1. The highest BCUT2D eigenvalue weighted by Crippen LogP contribution is 2.34. The summed E-state index contributed by atoms with van der Waals surface area (Å²) in [5, 5.41) is 16.5. The molecule has 3 heterocycles. The Hall–Kier alpha value is -4.55. The van der Waals surface area contributed by atoms with Crippen LogP contribution in [0.5, 0.6) is 11.5 Å². The van der Waals surface area contributed by atoms with E-state index < -0.39 is 26.0 Å². The molecule has 0 spiro atoms. The van der Waals surface area contributed by atoms with E-state index in [4.69, 9.17) is 14.0 Å². The van der Waals surface area contributed by atoms with Crippen LogP contribution in [-0.2, 0) is 17.9 Å². The summed E-state index contributed by atoms with van der Waals surface area (Å²) in [5.41, 5.74) is 2.86. The Labute approximate surface area is 249 Å². The fourth-order valence-corrected chi connectivity index (χ4v) is 5.40. The summed E-state index contributed by atoms with van der Waals surface area (Å²) in [4.78, 5) is 20.4. The van der Waals surface area contributed by atoms with Crippen molar-refractivity contribution in [3.63, 3.8) is 0 Å². The molecule has 1 unspecified atom stereocenters. The van der Waals surface area contributed by atoms with Crippen LogP contribution >= 0.6 is 0 Å². The van der Waals surface area contributed by atoms with Crippen molar-refractivity contribution in [2.45, 2.75) is 51.8 Å². The smallest absolute Gasteiger partial charge is 0.405 e. The minimum absolute atomic E-state index is 0.0293. The van der Waals surface area contributed by atoms with E-state index in [0.29, 0.717) is 36.1 Å². The lowest BCUT2D eigenvalue weighted by atomic mass is 10.1. The summed E-state index contributed by atoms with van der Waals surface area (Å²) in [6, 6.07) is 15.6. The molecule has 12 heteroatoms. The van der Waals surface area contributed by atoms with E-state index in [1.54, 1.807) is 18.3 Å². The zero-order valence-electron chi connectivity index (χ0n) is 24.5. The molecule has 0 bridgehead atoms. The molecule has 0 aliphatic heterocycles. The standard InChI is InChI=1S/C31H34FN5O5Si/c1-20-18-37(19-40-14-15-43(2,3)4)29-27(20)26(12-13-33-29)41-25-11-10-21(16-23(25)32)17-24(34-31(38)39)30-35-28(36-42-30)22-8-6-5-7-9-22/h5-13,16,18,24,34H,14-15,17,19H2,1-4H3,(H,38,39). The molecule has 0 saturated heterocycles. The van der Waals surface area contributed by atoms with Gasteiger partial charge in [-0.15, -0.1) is 0 Å². The van der Waals surface area contributed by atoms with Gasteiger partial charge >= 0.3 is 6.09 Å². The van der Waals surface area contributed by atoms with Crippen LogP contribution in [0.1, 0.15) is 23.1 Å². The molecule has 224 valence electrons. The second-order valence-corrected chi connectivity index (χ2v) is 17.2. The van der Waals surface area contributed by atoms with Crippen LogP contribution in [0.2, 0.25) is 25.7 Å². The number of aryl methyl sites for hydroxylation is 1. The van der Waals surface area contributed by atoms with E-state index in [1.807, 2.05) is 48.0 Å². The van der Waals surface area contributed by atoms with Crippen LogP contribution in [-0.4, -0.2) is 45.6 Å². The van der Waals surface area contributed by atoms with Crippen LogP contribution in [0, 0.1) is 12.7 Å². The second-order valence-electron chi connectivity index (χ2n) is 11.5. The van der Waals surface area contributed by atoms with Gasteiger partial charge in [-0.2, -0.15) is 4.98 Å². The van der Waals surface area contributed by atoms with Crippen molar-refractivity contribution < 1.29 is 28.3 Å². The van der Waals surface area contributed by atoms with Gasteiger partial charge in [-0.1, -0.05) is 61.2 Å². The van der Waals surface area contributed by atoms with Gasteiger partial charge < -0.3 is 29.0 Å². The van der Waals surface area contributed by atoms with E-state index in [0.717, 1.165) is 22.6 Å². The van der Waals surface area contributed by atoms with Crippen molar-refractivity contribution in [2.24, 2.45) is 0 Å². The average molecular weight is 604 g/mol. The van der Waals surface area contributed by atoms with Gasteiger partial charge in [-0.3, -0.25) is 0 Å². The topological polar surface area (TPSA) is 125 Å². The van der Waals surface area contributed by atoms with Gasteiger partial charge in [0.05, 0.1) is 5.39 Å². The number of hydrogen-bond donors (Lipinski definition) is 2. The lowest BCUT2D eigenvalue weighted by molar-refractivity contribution is 0.0898. The molecule has 2 N–H and O–H groups in total. The number of aromatic nitrogens is 4. The molecule has 43 heavy (non-hydrogen) atoms. The van der Waals surface area contributed by atoms with Crippen molar-refractivity contribution in [3.05, 3.63) is 89.8 Å². The number of carboxylic acid groups (broad SMARTS) is 1. The van der Waals surface area contributed by atoms with Crippen molar-refractivity contribution in [1.82, 2.24) is 25.0 Å². The molecule has 0 aliphatic carbocycles. The number of rotatable bonds is 12. The molecule has 0 saturated carbocycles. The maximum Gasteiger partial charge on any atom is 0.405 e. The predicted octanol–water partition coefficient (Wildman–Crippen LogP) is 7.19. The Morgan fingerprint density at radius 2 is 1.93 bits per heavy atom. The SMILES string of the molecule is Cc1cn(COCC[Si](C)(C)C)c2nccc(Oc3ccc(CC(NC(=O)O)c4nc(-c5ccccc5)no4)cc3F)c12. The number of nitrogens with zero attached hydrogens (tertiary/aromatic N) is 4. The molecule has 3 aromatic heterocycles. The molecule has 1 atom stereocenters. The molecule has 5 aromatic rings. The number of nitrogens with one attached hydrogen (secondary N) is 1. The fraction of sp³-hybridized carbons (Fsp3) is 0.290. The number of ether oxygens (including phenoxy) is 2. The third kappa shape index (κ3) is 7.45. The molecule has 0 radical (unpaired) electrons. The monoisotopic (exact) mass is 603 g/mol. The van der Waals surface area contributed by atoms with Gasteiger partial charge in [-0.05, 0) is 42.3 Å². The number of halogens is 1. The lowest BCUT2D eigenvalue weighted by Crippen LogP contribution is -2.28. The van der Waals surface area contributed by atoms with Gasteiger partial charge in [-0.25, -0.2) is 14.2 Å². The number of pyridine rings is 1. The first kappa shape index (κ1) is 29.9. The lowest BCUT2D eigenvalue weighted by Gasteiger charge is -2.15. The molecule has 0 aliphatic rings.